The van der Waals surface area contributed by atoms with Crippen molar-refractivity contribution in [2.75, 3.05) is 12.8 Å². The molecule has 0 amide bonds. The van der Waals surface area contributed by atoms with Crippen LogP contribution in [0.2, 0.25) is 25.7 Å². The molecule has 1 aliphatic rings. The van der Waals surface area contributed by atoms with Crippen LogP contribution in [0, 0.1) is 12.8 Å². The summed E-state index contributed by atoms with van der Waals surface area (Å²) >= 11 is 0. The Bertz CT molecular complexity index is 850. The summed E-state index contributed by atoms with van der Waals surface area (Å²) in [7, 11) is -5.41. The fourth-order valence-corrected chi connectivity index (χ4v) is 5.11. The number of cyclic esters (lactones) is 1. The fourth-order valence-electron chi connectivity index (χ4n) is 3.52. The molecule has 1 unspecified atom stereocenters. The molecule has 1 atom stereocenters. The van der Waals surface area contributed by atoms with Crippen LogP contribution in [-0.2, 0) is 22.3 Å². The van der Waals surface area contributed by atoms with Crippen LogP contribution in [0.4, 0.5) is 0 Å². The summed E-state index contributed by atoms with van der Waals surface area (Å²) in [4.78, 5) is 30.9. The first-order valence-corrected chi connectivity index (χ1v) is 15.6. The molecule has 8 heteroatoms. The van der Waals surface area contributed by atoms with Crippen LogP contribution < -0.4 is 4.74 Å². The number of esters is 1. The lowest BCUT2D eigenvalue weighted by Crippen LogP contribution is -2.23. The molecule has 0 radical (unpaired) electrons. The van der Waals surface area contributed by atoms with Crippen molar-refractivity contribution in [3.05, 3.63) is 33.9 Å². The number of carbonyl (C=O) groups excluding carboxylic acids is 1. The normalized spacial score (nSPS) is 15.5. The highest BCUT2D eigenvalue weighted by molar-refractivity contribution is 7.51. The Hall–Kier alpha value is -1.40. The van der Waals surface area contributed by atoms with Gasteiger partial charge in [-0.25, -0.2) is 4.79 Å². The Balaban J connectivity index is 2.51. The molecule has 2 N–H and O–H groups in total. The second-order valence-electron chi connectivity index (χ2n) is 8.97. The van der Waals surface area contributed by atoms with Crippen molar-refractivity contribution < 1.29 is 28.6 Å². The Labute approximate surface area is 174 Å². The highest BCUT2D eigenvalue weighted by atomic mass is 31.2. The number of hydrogen-bond acceptors (Lipinski definition) is 4. The average molecular weight is 441 g/mol. The highest BCUT2D eigenvalue weighted by Gasteiger charge is 2.32. The van der Waals surface area contributed by atoms with Crippen LogP contribution >= 0.6 is 7.60 Å². The van der Waals surface area contributed by atoms with Gasteiger partial charge in [0.05, 0.1) is 12.8 Å². The lowest BCUT2D eigenvalue weighted by atomic mass is 9.90. The zero-order valence-corrected chi connectivity index (χ0v) is 20.1. The largest absolute Gasteiger partial charge is 0.492 e. The van der Waals surface area contributed by atoms with Crippen LogP contribution in [0.15, 0.2) is 6.08 Å². The summed E-state index contributed by atoms with van der Waals surface area (Å²) in [6, 6.07) is 0.962. The number of fused-ring (bicyclic) bond motifs is 1. The van der Waals surface area contributed by atoms with Gasteiger partial charge in [-0.2, -0.15) is 0 Å². The minimum Gasteiger partial charge on any atom is -0.492 e. The van der Waals surface area contributed by atoms with Crippen molar-refractivity contribution in [2.24, 2.45) is 5.92 Å². The summed E-state index contributed by atoms with van der Waals surface area (Å²) in [5.41, 5.74) is 4.29. The van der Waals surface area contributed by atoms with Gasteiger partial charge in [0, 0.05) is 19.2 Å². The second kappa shape index (κ2) is 9.17. The van der Waals surface area contributed by atoms with Crippen LogP contribution in [0.25, 0.3) is 6.08 Å². The van der Waals surface area contributed by atoms with E-state index in [1.54, 1.807) is 13.0 Å². The monoisotopic (exact) mass is 440 g/mol. The minimum atomic E-state index is -4.09. The van der Waals surface area contributed by atoms with Gasteiger partial charge in [-0.15, -0.1) is 0 Å². The van der Waals surface area contributed by atoms with E-state index in [1.807, 2.05) is 13.0 Å². The van der Waals surface area contributed by atoms with Crippen LogP contribution in [0.5, 0.6) is 5.75 Å². The quantitative estimate of drug-likeness (QED) is 0.326. The third kappa shape index (κ3) is 6.29. The highest BCUT2D eigenvalue weighted by Crippen LogP contribution is 2.41. The molecule has 1 heterocycles. The third-order valence-corrected chi connectivity index (χ3v) is 7.88. The van der Waals surface area contributed by atoms with Gasteiger partial charge in [-0.05, 0) is 36.4 Å². The van der Waals surface area contributed by atoms with Gasteiger partial charge in [0.1, 0.15) is 17.9 Å². The summed E-state index contributed by atoms with van der Waals surface area (Å²) < 4.78 is 22.8. The summed E-state index contributed by atoms with van der Waals surface area (Å²) in [6.07, 6.45) is 4.17. The van der Waals surface area contributed by atoms with Crippen molar-refractivity contribution in [3.63, 3.8) is 0 Å². The fraction of sp³-hybridized carbons (Fsp3) is 0.571. The molecule has 1 aromatic carbocycles. The topological polar surface area (TPSA) is 93.1 Å². The van der Waals surface area contributed by atoms with Crippen molar-refractivity contribution in [1.82, 2.24) is 0 Å². The molecule has 1 aliphatic heterocycles. The van der Waals surface area contributed by atoms with E-state index in [0.717, 1.165) is 34.7 Å². The Morgan fingerprint density at radius 1 is 1.31 bits per heavy atom. The van der Waals surface area contributed by atoms with E-state index in [9.17, 15) is 19.1 Å². The lowest BCUT2D eigenvalue weighted by molar-refractivity contribution is 0.0532. The number of carbonyl (C=O) groups is 1. The van der Waals surface area contributed by atoms with E-state index < -0.39 is 15.7 Å². The molecule has 0 aromatic heterocycles. The Morgan fingerprint density at radius 2 is 1.97 bits per heavy atom. The van der Waals surface area contributed by atoms with Gasteiger partial charge in [0.2, 0.25) is 0 Å². The number of hydrogen-bond donors (Lipinski definition) is 2. The van der Waals surface area contributed by atoms with E-state index in [1.165, 1.54) is 0 Å². The van der Waals surface area contributed by atoms with Gasteiger partial charge in [-0.1, -0.05) is 45.6 Å². The Morgan fingerprint density at radius 3 is 2.52 bits per heavy atom. The second-order valence-corrected chi connectivity index (χ2v) is 16.3. The molecule has 0 saturated carbocycles. The number of ether oxygens (including phenoxy) is 2. The SMILES string of the molecule is CCc1c(C)c2c(c(OCC[Si](C)(C)C)c1/C=C/C(C)CP(=O)(O)O)C(=O)OC2. The maximum absolute atomic E-state index is 12.5. The smallest absolute Gasteiger partial charge is 0.342 e. The van der Waals surface area contributed by atoms with Crippen molar-refractivity contribution >= 4 is 27.7 Å². The molecule has 2 rings (SSSR count). The number of allylic oxidation sites excluding steroid dienone is 1. The molecule has 0 aliphatic carbocycles. The maximum Gasteiger partial charge on any atom is 0.342 e. The van der Waals surface area contributed by atoms with Crippen molar-refractivity contribution in [3.8, 4) is 5.75 Å². The molecular formula is C21H33O6PSi. The van der Waals surface area contributed by atoms with E-state index in [2.05, 4.69) is 26.6 Å². The lowest BCUT2D eigenvalue weighted by Gasteiger charge is -2.21. The predicted octanol–water partition coefficient (Wildman–Crippen LogP) is 4.77. The van der Waals surface area contributed by atoms with Crippen molar-refractivity contribution in [2.45, 2.75) is 59.5 Å². The molecule has 1 aromatic rings. The van der Waals surface area contributed by atoms with E-state index in [0.29, 0.717) is 17.9 Å². The minimum absolute atomic E-state index is 0.220. The van der Waals surface area contributed by atoms with Crippen LogP contribution in [-0.4, -0.2) is 36.6 Å². The average Bonchev–Trinajstić information content (AvgIpc) is 2.94. The first kappa shape index (κ1) is 23.9. The molecule has 29 heavy (non-hydrogen) atoms. The molecule has 0 spiro atoms. The molecule has 6 nitrogen and oxygen atoms in total. The molecular weight excluding hydrogens is 407 g/mol. The van der Waals surface area contributed by atoms with Gasteiger partial charge < -0.3 is 19.3 Å². The predicted molar refractivity (Wildman–Crippen MR) is 118 cm³/mol. The first-order chi connectivity index (χ1) is 13.3. The van der Waals surface area contributed by atoms with Crippen molar-refractivity contribution in [1.29, 1.82) is 0 Å². The summed E-state index contributed by atoms with van der Waals surface area (Å²) in [5, 5.41) is 0. The van der Waals surface area contributed by atoms with Gasteiger partial charge in [0.25, 0.3) is 0 Å². The van der Waals surface area contributed by atoms with Gasteiger partial charge >= 0.3 is 13.6 Å². The zero-order chi connectivity index (χ0) is 22.0. The van der Waals surface area contributed by atoms with Crippen LogP contribution in [0.1, 0.15) is 46.5 Å². The maximum atomic E-state index is 12.5. The third-order valence-electron chi connectivity index (χ3n) is 5.12. The van der Waals surface area contributed by atoms with E-state index in [4.69, 9.17) is 9.47 Å². The molecule has 0 fully saturated rings. The Kier molecular flexibility index (Phi) is 7.55. The zero-order valence-electron chi connectivity index (χ0n) is 18.2. The number of benzene rings is 1. The molecule has 0 bridgehead atoms. The summed E-state index contributed by atoms with van der Waals surface area (Å²) in [5.74, 6) is -0.134. The van der Waals surface area contributed by atoms with E-state index >= 15 is 0 Å². The first-order valence-electron chi connectivity index (χ1n) is 10.0. The molecule has 162 valence electrons. The van der Waals surface area contributed by atoms with E-state index in [-0.39, 0.29) is 24.7 Å². The molecule has 0 saturated heterocycles. The van der Waals surface area contributed by atoms with Crippen LogP contribution in [0.3, 0.4) is 0 Å². The number of rotatable bonds is 9. The van der Waals surface area contributed by atoms with Gasteiger partial charge in [0.15, 0.2) is 0 Å². The summed E-state index contributed by atoms with van der Waals surface area (Å²) in [6.45, 7) is 13.4. The standard InChI is InChI=1S/C21H33O6PSi/c1-7-16-15(3)18-12-27-21(22)19(18)20(26-10-11-29(4,5)6)17(16)9-8-14(2)13-28(23,24)25/h8-9,14H,7,10-13H2,1-6H3,(H2,23,24,25)/b9-8+. The van der Waals surface area contributed by atoms with Gasteiger partial charge in [-0.3, -0.25) is 4.57 Å².